The van der Waals surface area contributed by atoms with E-state index in [0.717, 1.165) is 6.92 Å². The summed E-state index contributed by atoms with van der Waals surface area (Å²) in [4.78, 5) is 10.3. The summed E-state index contributed by atoms with van der Waals surface area (Å²) in [5.41, 5.74) is -0.574. The number of alkyl halides is 4. The first kappa shape index (κ1) is 10.1. The number of carbonyl (C=O) groups excluding carboxylic acids is 1. The Kier molecular flexibility index (Phi) is 2.78. The molecule has 0 spiro atoms. The zero-order valence-corrected chi connectivity index (χ0v) is 5.70. The third kappa shape index (κ3) is 2.03. The van der Waals surface area contributed by atoms with Crippen molar-refractivity contribution in [1.29, 1.82) is 0 Å². The Morgan fingerprint density at radius 2 is 1.82 bits per heavy atom. The molecule has 0 saturated heterocycles. The summed E-state index contributed by atoms with van der Waals surface area (Å²) in [6.07, 6.45) is -3.97. The number of ketones is 1. The van der Waals surface area contributed by atoms with Crippen molar-refractivity contribution in [3.05, 3.63) is 12.2 Å². The molecule has 0 amide bonds. The zero-order chi connectivity index (χ0) is 9.23. The lowest BCUT2D eigenvalue weighted by Gasteiger charge is -2.12. The van der Waals surface area contributed by atoms with Crippen LogP contribution in [0.5, 0.6) is 0 Å². The summed E-state index contributed by atoms with van der Waals surface area (Å²) in [5, 5.41) is 0. The topological polar surface area (TPSA) is 17.1 Å². The van der Waals surface area contributed by atoms with Crippen LogP contribution in [0, 0.1) is 0 Å². The number of carbonyl (C=O) groups is 1. The lowest BCUT2D eigenvalue weighted by atomic mass is 10.1. The van der Waals surface area contributed by atoms with E-state index in [9.17, 15) is 22.4 Å². The number of allylic oxidation sites excluding steroid dienone is 1. The van der Waals surface area contributed by atoms with Crippen molar-refractivity contribution >= 4 is 5.78 Å². The van der Waals surface area contributed by atoms with E-state index in [-0.39, 0.29) is 0 Å². The molecule has 0 atom stereocenters. The van der Waals surface area contributed by atoms with Crippen molar-refractivity contribution in [2.24, 2.45) is 0 Å². The van der Waals surface area contributed by atoms with Crippen LogP contribution in [0.4, 0.5) is 17.6 Å². The van der Waals surface area contributed by atoms with Crippen LogP contribution in [-0.2, 0) is 4.79 Å². The molecule has 1 nitrogen and oxygen atoms in total. The number of hydrogen-bond acceptors (Lipinski definition) is 1. The van der Waals surface area contributed by atoms with E-state index < -0.39 is 23.7 Å². The molecule has 0 N–H and O–H groups in total. The molecular weight excluding hydrogens is 164 g/mol. The van der Waals surface area contributed by atoms with Crippen molar-refractivity contribution < 1.29 is 22.4 Å². The lowest BCUT2D eigenvalue weighted by Crippen LogP contribution is -2.36. The van der Waals surface area contributed by atoms with Crippen molar-refractivity contribution in [3.63, 3.8) is 0 Å². The van der Waals surface area contributed by atoms with E-state index in [2.05, 4.69) is 6.58 Å². The molecule has 0 aliphatic heterocycles. The van der Waals surface area contributed by atoms with Gasteiger partial charge in [0, 0.05) is 0 Å². The molecule has 0 bridgehead atoms. The van der Waals surface area contributed by atoms with Crippen molar-refractivity contribution in [2.45, 2.75) is 19.3 Å². The fraction of sp³-hybridized carbons (Fsp3) is 0.500. The van der Waals surface area contributed by atoms with Crippen LogP contribution in [-0.4, -0.2) is 18.1 Å². The quantitative estimate of drug-likeness (QED) is 0.467. The predicted octanol–water partition coefficient (Wildman–Crippen LogP) is 2.03. The van der Waals surface area contributed by atoms with Crippen molar-refractivity contribution in [1.82, 2.24) is 0 Å². The second-order valence-electron chi connectivity index (χ2n) is 2.03. The van der Waals surface area contributed by atoms with Gasteiger partial charge in [0.25, 0.3) is 0 Å². The molecule has 0 aromatic rings. The van der Waals surface area contributed by atoms with Gasteiger partial charge in [0.15, 0.2) is 0 Å². The maximum atomic E-state index is 12.0. The standard InChI is InChI=1S/C6H6F4O/c1-3(2)4(11)6(9,10)5(7)8/h5H,1H2,2H3. The average Bonchev–Trinajstić information content (AvgIpc) is 1.85. The van der Waals surface area contributed by atoms with Crippen LogP contribution in [0.15, 0.2) is 12.2 Å². The highest BCUT2D eigenvalue weighted by atomic mass is 19.3. The zero-order valence-electron chi connectivity index (χ0n) is 5.70. The van der Waals surface area contributed by atoms with Crippen LogP contribution in [0.25, 0.3) is 0 Å². The molecule has 0 rings (SSSR count). The van der Waals surface area contributed by atoms with Crippen LogP contribution in [0.3, 0.4) is 0 Å². The minimum absolute atomic E-state index is 0.574. The predicted molar refractivity (Wildman–Crippen MR) is 30.8 cm³/mol. The smallest absolute Gasteiger partial charge is 0.288 e. The van der Waals surface area contributed by atoms with E-state index in [0.29, 0.717) is 0 Å². The highest BCUT2D eigenvalue weighted by Crippen LogP contribution is 2.26. The van der Waals surface area contributed by atoms with Crippen LogP contribution < -0.4 is 0 Å². The largest absolute Gasteiger partial charge is 0.368 e. The van der Waals surface area contributed by atoms with Crippen molar-refractivity contribution in [2.75, 3.05) is 0 Å². The summed E-state index contributed by atoms with van der Waals surface area (Å²) < 4.78 is 46.9. The third-order valence-electron chi connectivity index (χ3n) is 0.964. The molecule has 0 fully saturated rings. The van der Waals surface area contributed by atoms with E-state index in [1.807, 2.05) is 0 Å². The van der Waals surface area contributed by atoms with Gasteiger partial charge in [-0.2, -0.15) is 8.78 Å². The molecule has 0 aliphatic carbocycles. The first-order chi connectivity index (χ1) is 4.80. The normalized spacial score (nSPS) is 11.8. The van der Waals surface area contributed by atoms with Crippen LogP contribution in [0.1, 0.15) is 6.92 Å². The van der Waals surface area contributed by atoms with Gasteiger partial charge in [-0.05, 0) is 12.5 Å². The molecule has 64 valence electrons. The number of Topliss-reactive ketones (excluding diaryl/α,β-unsaturated/α-hetero) is 1. The van der Waals surface area contributed by atoms with Gasteiger partial charge in [-0.15, -0.1) is 0 Å². The molecule has 0 heterocycles. The van der Waals surface area contributed by atoms with Crippen LogP contribution in [0.2, 0.25) is 0 Å². The first-order valence-corrected chi connectivity index (χ1v) is 2.66. The van der Waals surface area contributed by atoms with Gasteiger partial charge >= 0.3 is 12.3 Å². The van der Waals surface area contributed by atoms with Gasteiger partial charge in [0.1, 0.15) is 0 Å². The minimum Gasteiger partial charge on any atom is -0.288 e. The van der Waals surface area contributed by atoms with Crippen molar-refractivity contribution in [3.8, 4) is 0 Å². The Bertz CT molecular complexity index is 185. The lowest BCUT2D eigenvalue weighted by molar-refractivity contribution is -0.162. The van der Waals surface area contributed by atoms with Gasteiger partial charge in [-0.25, -0.2) is 8.78 Å². The Morgan fingerprint density at radius 3 is 1.91 bits per heavy atom. The molecule has 0 radical (unpaired) electrons. The summed E-state index contributed by atoms with van der Waals surface area (Å²) in [6.45, 7) is 3.80. The maximum Gasteiger partial charge on any atom is 0.368 e. The van der Waals surface area contributed by atoms with E-state index >= 15 is 0 Å². The number of halogens is 4. The highest BCUT2D eigenvalue weighted by Gasteiger charge is 2.48. The first-order valence-electron chi connectivity index (χ1n) is 2.66. The second kappa shape index (κ2) is 3.02. The minimum atomic E-state index is -4.59. The molecule has 0 aliphatic rings. The van der Waals surface area contributed by atoms with Crippen LogP contribution >= 0.6 is 0 Å². The fourth-order valence-corrected chi connectivity index (χ4v) is 0.384. The van der Waals surface area contributed by atoms with Gasteiger partial charge < -0.3 is 0 Å². The Balaban J connectivity index is 4.56. The molecule has 5 heteroatoms. The van der Waals surface area contributed by atoms with Gasteiger partial charge in [-0.3, -0.25) is 4.79 Å². The van der Waals surface area contributed by atoms with Gasteiger partial charge in [-0.1, -0.05) is 6.58 Å². The SMILES string of the molecule is C=C(C)C(=O)C(F)(F)C(F)F. The molecule has 11 heavy (non-hydrogen) atoms. The van der Waals surface area contributed by atoms with Gasteiger partial charge in [0.2, 0.25) is 5.78 Å². The maximum absolute atomic E-state index is 12.0. The second-order valence-corrected chi connectivity index (χ2v) is 2.03. The van der Waals surface area contributed by atoms with Gasteiger partial charge in [0.05, 0.1) is 0 Å². The summed E-state index contributed by atoms with van der Waals surface area (Å²) in [6, 6.07) is 0. The monoisotopic (exact) mass is 170 g/mol. The molecule has 0 aromatic heterocycles. The molecule has 0 saturated carbocycles. The third-order valence-corrected chi connectivity index (χ3v) is 0.964. The average molecular weight is 170 g/mol. The Hall–Kier alpha value is -0.870. The molecule has 0 unspecified atom stereocenters. The Morgan fingerprint density at radius 1 is 1.45 bits per heavy atom. The van der Waals surface area contributed by atoms with E-state index in [1.165, 1.54) is 0 Å². The molecular formula is C6H6F4O. The fourth-order valence-electron chi connectivity index (χ4n) is 0.384. The summed E-state index contributed by atoms with van der Waals surface area (Å²) in [7, 11) is 0. The molecule has 0 aromatic carbocycles. The van der Waals surface area contributed by atoms with E-state index in [4.69, 9.17) is 0 Å². The Labute approximate surface area is 60.7 Å². The summed E-state index contributed by atoms with van der Waals surface area (Å²) >= 11 is 0. The highest BCUT2D eigenvalue weighted by molar-refractivity contribution is 5.99. The van der Waals surface area contributed by atoms with E-state index in [1.54, 1.807) is 0 Å². The number of hydrogen-bond donors (Lipinski definition) is 0. The number of rotatable bonds is 3. The summed E-state index contributed by atoms with van der Waals surface area (Å²) in [5.74, 6) is -6.50.